The molecule has 3 aromatic carbocycles. The van der Waals surface area contributed by atoms with E-state index < -0.39 is 28.4 Å². The quantitative estimate of drug-likeness (QED) is 0.202. The topological polar surface area (TPSA) is 111 Å². The molecule has 0 aromatic heterocycles. The average molecular weight is 582 g/mol. The summed E-state index contributed by atoms with van der Waals surface area (Å²) in [6, 6.07) is 26.4. The van der Waals surface area contributed by atoms with E-state index in [2.05, 4.69) is 34.5 Å². The number of benzene rings is 3. The highest BCUT2D eigenvalue weighted by molar-refractivity contribution is 6.00. The minimum Gasteiger partial charge on any atom is -0.466 e. The number of likely N-dealkylation sites (tertiary alicyclic amines) is 1. The number of hydrogen-bond donors (Lipinski definition) is 1. The number of rotatable bonds is 8. The van der Waals surface area contributed by atoms with E-state index in [1.54, 1.807) is 26.0 Å². The first kappa shape index (κ1) is 29.7. The number of non-ortho nitro benzene ring substituents is 1. The average Bonchev–Trinajstić information content (AvgIpc) is 3.38. The summed E-state index contributed by atoms with van der Waals surface area (Å²) in [5.74, 6) is -2.13. The Bertz CT molecular complexity index is 1560. The van der Waals surface area contributed by atoms with Crippen LogP contribution in [-0.2, 0) is 19.1 Å². The van der Waals surface area contributed by atoms with Crippen LogP contribution in [0.4, 0.5) is 5.69 Å². The fourth-order valence-corrected chi connectivity index (χ4v) is 6.23. The Balaban J connectivity index is 1.47. The summed E-state index contributed by atoms with van der Waals surface area (Å²) in [5.41, 5.74) is 3.19. The summed E-state index contributed by atoms with van der Waals surface area (Å²) >= 11 is 0. The summed E-state index contributed by atoms with van der Waals surface area (Å²) in [6.45, 7) is 6.57. The van der Waals surface area contributed by atoms with Gasteiger partial charge in [-0.15, -0.1) is 0 Å². The molecule has 0 aliphatic carbocycles. The highest BCUT2D eigenvalue weighted by atomic mass is 16.6. The number of carbonyl (C=O) groups is 2. The number of nitrogens with one attached hydrogen (secondary N) is 1. The van der Waals surface area contributed by atoms with Crippen molar-refractivity contribution in [3.63, 3.8) is 0 Å². The maximum absolute atomic E-state index is 14.1. The second-order valence-corrected chi connectivity index (χ2v) is 11.3. The van der Waals surface area contributed by atoms with Gasteiger partial charge in [0.1, 0.15) is 5.60 Å². The normalized spacial score (nSPS) is 20.6. The van der Waals surface area contributed by atoms with Gasteiger partial charge in [0.15, 0.2) is 0 Å². The molecular weight excluding hydrogens is 546 g/mol. The van der Waals surface area contributed by atoms with Gasteiger partial charge in [-0.1, -0.05) is 72.8 Å². The lowest BCUT2D eigenvalue weighted by Crippen LogP contribution is -2.39. The smallest absolute Gasteiger partial charge is 0.337 e. The van der Waals surface area contributed by atoms with E-state index in [9.17, 15) is 19.7 Å². The number of carbonyl (C=O) groups excluding carboxylic acids is 2. The van der Waals surface area contributed by atoms with Crippen LogP contribution in [0.25, 0.3) is 0 Å². The number of dihydropyridines is 1. The van der Waals surface area contributed by atoms with Crippen molar-refractivity contribution in [1.82, 2.24) is 10.2 Å². The second kappa shape index (κ2) is 12.2. The van der Waals surface area contributed by atoms with Crippen LogP contribution in [0.3, 0.4) is 0 Å². The van der Waals surface area contributed by atoms with Gasteiger partial charge in [-0.25, -0.2) is 9.59 Å². The standard InChI is InChI=1S/C34H35N3O6/c1-22-28(32(38)42-4)30(26-16-11-17-27(20-26)37(40)41)29(23(2)35-22)33(39)43-34(3)18-19-36(21-34)31(24-12-7-5-8-13-24)25-14-9-6-10-15-25/h5-17,20,30-31,35H,18-19,21H2,1-4H3. The molecule has 0 saturated carbocycles. The molecule has 1 fully saturated rings. The number of nitro benzene ring substituents is 1. The van der Waals surface area contributed by atoms with Gasteiger partial charge in [-0.3, -0.25) is 15.0 Å². The Morgan fingerprint density at radius 1 is 0.930 bits per heavy atom. The first-order valence-corrected chi connectivity index (χ1v) is 14.2. The van der Waals surface area contributed by atoms with Gasteiger partial charge in [0.05, 0.1) is 35.1 Å². The zero-order valence-corrected chi connectivity index (χ0v) is 24.7. The molecular formula is C34H35N3O6. The lowest BCUT2D eigenvalue weighted by atomic mass is 9.80. The maximum atomic E-state index is 14.1. The lowest BCUT2D eigenvalue weighted by molar-refractivity contribution is -0.384. The molecule has 0 bridgehead atoms. The number of methoxy groups -OCH3 is 1. The number of nitrogens with zero attached hydrogens (tertiary/aromatic N) is 2. The molecule has 3 aromatic rings. The van der Waals surface area contributed by atoms with Gasteiger partial charge in [-0.05, 0) is 37.5 Å². The van der Waals surface area contributed by atoms with Gasteiger partial charge < -0.3 is 14.8 Å². The number of nitro groups is 1. The van der Waals surface area contributed by atoms with Crippen molar-refractivity contribution in [2.24, 2.45) is 0 Å². The summed E-state index contributed by atoms with van der Waals surface area (Å²) in [7, 11) is 1.26. The Kier molecular flexibility index (Phi) is 8.45. The molecule has 0 radical (unpaired) electrons. The van der Waals surface area contributed by atoms with Crippen LogP contribution in [0.15, 0.2) is 107 Å². The fourth-order valence-electron chi connectivity index (χ4n) is 6.23. The van der Waals surface area contributed by atoms with Crippen LogP contribution in [0.5, 0.6) is 0 Å². The Morgan fingerprint density at radius 3 is 2.07 bits per heavy atom. The zero-order chi connectivity index (χ0) is 30.7. The molecule has 9 nitrogen and oxygen atoms in total. The third kappa shape index (κ3) is 6.08. The van der Waals surface area contributed by atoms with Crippen molar-refractivity contribution >= 4 is 17.6 Å². The van der Waals surface area contributed by atoms with Crippen molar-refractivity contribution in [3.8, 4) is 0 Å². The largest absolute Gasteiger partial charge is 0.466 e. The molecule has 1 saturated heterocycles. The number of allylic oxidation sites excluding steroid dienone is 2. The number of ether oxygens (including phenoxy) is 2. The van der Waals surface area contributed by atoms with Gasteiger partial charge in [0, 0.05) is 43.0 Å². The summed E-state index contributed by atoms with van der Waals surface area (Å²) in [6.07, 6.45) is 0.606. The van der Waals surface area contributed by atoms with Crippen LogP contribution in [0, 0.1) is 10.1 Å². The molecule has 222 valence electrons. The van der Waals surface area contributed by atoms with Gasteiger partial charge >= 0.3 is 11.9 Å². The van der Waals surface area contributed by atoms with E-state index >= 15 is 0 Å². The fraction of sp³-hybridized carbons (Fsp3) is 0.294. The van der Waals surface area contributed by atoms with Gasteiger partial charge in [0.25, 0.3) is 5.69 Å². The molecule has 2 aliphatic heterocycles. The third-order valence-corrected chi connectivity index (χ3v) is 8.20. The first-order chi connectivity index (χ1) is 20.6. The van der Waals surface area contributed by atoms with Crippen molar-refractivity contribution in [3.05, 3.63) is 134 Å². The molecule has 43 heavy (non-hydrogen) atoms. The van der Waals surface area contributed by atoms with Gasteiger partial charge in [-0.2, -0.15) is 0 Å². The molecule has 9 heteroatoms. The number of esters is 2. The predicted molar refractivity (Wildman–Crippen MR) is 162 cm³/mol. The molecule has 2 heterocycles. The zero-order valence-electron chi connectivity index (χ0n) is 24.7. The maximum Gasteiger partial charge on any atom is 0.337 e. The molecule has 1 N–H and O–H groups in total. The second-order valence-electron chi connectivity index (χ2n) is 11.3. The monoisotopic (exact) mass is 581 g/mol. The molecule has 2 unspecified atom stereocenters. The Hall–Kier alpha value is -4.76. The SMILES string of the molecule is COC(=O)C1=C(C)NC(C)=C(C(=O)OC2(C)CCN(C(c3ccccc3)c3ccccc3)C2)C1c1cccc([N+](=O)[O-])c1. The molecule has 0 spiro atoms. The molecule has 2 atom stereocenters. The Morgan fingerprint density at radius 2 is 1.51 bits per heavy atom. The third-order valence-electron chi connectivity index (χ3n) is 8.20. The highest BCUT2D eigenvalue weighted by Crippen LogP contribution is 2.42. The van der Waals surface area contributed by atoms with Crippen LogP contribution >= 0.6 is 0 Å². The highest BCUT2D eigenvalue weighted by Gasteiger charge is 2.44. The van der Waals surface area contributed by atoms with Crippen molar-refractivity contribution in [2.45, 2.75) is 44.8 Å². The van der Waals surface area contributed by atoms with E-state index in [4.69, 9.17) is 9.47 Å². The molecule has 2 aliphatic rings. The summed E-state index contributed by atoms with van der Waals surface area (Å²) in [4.78, 5) is 40.5. The van der Waals surface area contributed by atoms with E-state index in [0.717, 1.165) is 11.1 Å². The van der Waals surface area contributed by atoms with Crippen molar-refractivity contribution in [1.29, 1.82) is 0 Å². The van der Waals surface area contributed by atoms with Crippen molar-refractivity contribution < 1.29 is 24.0 Å². The van der Waals surface area contributed by atoms with E-state index in [1.165, 1.54) is 19.2 Å². The number of hydrogen-bond acceptors (Lipinski definition) is 8. The van der Waals surface area contributed by atoms with Crippen LogP contribution in [-0.4, -0.2) is 47.6 Å². The molecule has 0 amide bonds. The van der Waals surface area contributed by atoms with E-state index in [-0.39, 0.29) is 22.9 Å². The van der Waals surface area contributed by atoms with Crippen LogP contribution < -0.4 is 5.32 Å². The van der Waals surface area contributed by atoms with Crippen LogP contribution in [0.1, 0.15) is 55.8 Å². The predicted octanol–water partition coefficient (Wildman–Crippen LogP) is 5.80. The van der Waals surface area contributed by atoms with Crippen molar-refractivity contribution in [2.75, 3.05) is 20.2 Å². The first-order valence-electron chi connectivity index (χ1n) is 14.2. The molecule has 5 rings (SSSR count). The Labute approximate surface area is 251 Å². The summed E-state index contributed by atoms with van der Waals surface area (Å²) in [5, 5.41) is 14.7. The van der Waals surface area contributed by atoms with E-state index in [1.807, 2.05) is 43.3 Å². The minimum absolute atomic E-state index is 0.0191. The van der Waals surface area contributed by atoms with Crippen LogP contribution in [0.2, 0.25) is 0 Å². The van der Waals surface area contributed by atoms with E-state index in [0.29, 0.717) is 36.5 Å². The summed E-state index contributed by atoms with van der Waals surface area (Å²) < 4.78 is 11.4. The lowest BCUT2D eigenvalue weighted by Gasteiger charge is -2.34. The minimum atomic E-state index is -0.913. The van der Waals surface area contributed by atoms with Gasteiger partial charge in [0.2, 0.25) is 0 Å².